The first-order chi connectivity index (χ1) is 15.1. The summed E-state index contributed by atoms with van der Waals surface area (Å²) in [5.41, 5.74) is 1.18. The van der Waals surface area contributed by atoms with Crippen LogP contribution < -0.4 is 5.32 Å². The lowest BCUT2D eigenvalue weighted by atomic mass is 9.80. The number of benzene rings is 1. The molecule has 0 unspecified atom stereocenters. The van der Waals surface area contributed by atoms with Crippen LogP contribution in [0.15, 0.2) is 41.8 Å². The van der Waals surface area contributed by atoms with Crippen molar-refractivity contribution in [3.8, 4) is 0 Å². The number of amides is 4. The fourth-order valence-electron chi connectivity index (χ4n) is 4.92. The molecule has 1 spiro atoms. The van der Waals surface area contributed by atoms with E-state index in [2.05, 4.69) is 22.3 Å². The van der Waals surface area contributed by atoms with E-state index in [1.807, 2.05) is 29.6 Å². The molecule has 2 fully saturated rings. The summed E-state index contributed by atoms with van der Waals surface area (Å²) in [4.78, 5) is 45.3. The van der Waals surface area contributed by atoms with Gasteiger partial charge in [-0.15, -0.1) is 11.3 Å². The minimum atomic E-state index is -0.987. The van der Waals surface area contributed by atoms with E-state index in [-0.39, 0.29) is 18.4 Å². The van der Waals surface area contributed by atoms with Crippen molar-refractivity contribution in [2.45, 2.75) is 31.3 Å². The van der Waals surface area contributed by atoms with Gasteiger partial charge in [0.2, 0.25) is 5.91 Å². The lowest BCUT2D eigenvalue weighted by Gasteiger charge is -2.35. The number of carbonyl (C=O) groups is 3. The molecular weight excluding hydrogens is 412 g/mol. The predicted octanol–water partition coefficient (Wildman–Crippen LogP) is 2.18. The van der Waals surface area contributed by atoms with Crippen molar-refractivity contribution in [1.29, 1.82) is 0 Å². The Morgan fingerprint density at radius 3 is 2.61 bits per heavy atom. The molecule has 1 atom stereocenters. The molecule has 8 heteroatoms. The number of nitrogens with one attached hydrogen (secondary N) is 1. The van der Waals surface area contributed by atoms with Crippen molar-refractivity contribution >= 4 is 29.2 Å². The number of hydrogen-bond donors (Lipinski definition) is 1. The van der Waals surface area contributed by atoms with E-state index in [0.717, 1.165) is 47.8 Å². The highest BCUT2D eigenvalue weighted by Crippen LogP contribution is 2.42. The first-order valence-corrected chi connectivity index (χ1v) is 11.7. The maximum absolute atomic E-state index is 13.3. The third-order valence-electron chi connectivity index (χ3n) is 6.60. The van der Waals surface area contributed by atoms with Gasteiger partial charge in [0, 0.05) is 43.2 Å². The highest BCUT2D eigenvalue weighted by atomic mass is 32.1. The molecule has 3 aliphatic rings. The lowest BCUT2D eigenvalue weighted by molar-refractivity contribution is -0.140. The Kier molecular flexibility index (Phi) is 5.27. The average Bonchev–Trinajstić information content (AvgIpc) is 3.36. The lowest BCUT2D eigenvalue weighted by Crippen LogP contribution is -2.52. The number of imide groups is 1. The van der Waals surface area contributed by atoms with Gasteiger partial charge in [-0.25, -0.2) is 4.79 Å². The first kappa shape index (κ1) is 20.2. The Morgan fingerprint density at radius 2 is 1.84 bits per heavy atom. The summed E-state index contributed by atoms with van der Waals surface area (Å²) in [5, 5.41) is 4.89. The van der Waals surface area contributed by atoms with Gasteiger partial charge < -0.3 is 10.2 Å². The Balaban J connectivity index is 1.21. The van der Waals surface area contributed by atoms with Crippen molar-refractivity contribution in [2.75, 3.05) is 32.7 Å². The summed E-state index contributed by atoms with van der Waals surface area (Å²) in [6, 6.07) is 11.8. The maximum Gasteiger partial charge on any atom is 0.325 e. The van der Waals surface area contributed by atoms with Gasteiger partial charge in [0.25, 0.3) is 5.91 Å². The van der Waals surface area contributed by atoms with Crippen LogP contribution in [-0.2, 0) is 28.1 Å². The fourth-order valence-corrected chi connectivity index (χ4v) is 5.92. The van der Waals surface area contributed by atoms with E-state index >= 15 is 0 Å². The molecule has 7 nitrogen and oxygen atoms in total. The van der Waals surface area contributed by atoms with Crippen LogP contribution in [0.2, 0.25) is 0 Å². The average molecular weight is 439 g/mol. The zero-order valence-corrected chi connectivity index (χ0v) is 18.2. The van der Waals surface area contributed by atoms with Gasteiger partial charge in [-0.1, -0.05) is 30.3 Å². The maximum atomic E-state index is 13.3. The number of piperazine rings is 1. The van der Waals surface area contributed by atoms with Crippen LogP contribution in [-0.4, -0.2) is 65.3 Å². The van der Waals surface area contributed by atoms with Gasteiger partial charge in [0.05, 0.1) is 0 Å². The Hall–Kier alpha value is -2.71. The second kappa shape index (κ2) is 8.09. The van der Waals surface area contributed by atoms with Gasteiger partial charge in [-0.05, 0) is 36.3 Å². The van der Waals surface area contributed by atoms with Crippen molar-refractivity contribution < 1.29 is 14.4 Å². The molecule has 3 heterocycles. The Bertz CT molecular complexity index is 999. The van der Waals surface area contributed by atoms with Crippen LogP contribution in [0.25, 0.3) is 0 Å². The predicted molar refractivity (Wildman–Crippen MR) is 117 cm³/mol. The number of fused-ring (bicyclic) bond motifs is 2. The van der Waals surface area contributed by atoms with Gasteiger partial charge in [0.15, 0.2) is 0 Å². The smallest absolute Gasteiger partial charge is 0.325 e. The van der Waals surface area contributed by atoms with Gasteiger partial charge in [0.1, 0.15) is 12.1 Å². The normalized spacial score (nSPS) is 23.9. The summed E-state index contributed by atoms with van der Waals surface area (Å²) < 4.78 is 0. The molecule has 1 aliphatic carbocycles. The Labute approximate surface area is 185 Å². The number of hydrogen-bond acceptors (Lipinski definition) is 5. The molecule has 1 aromatic heterocycles. The number of aryl methyl sites for hydroxylation is 1. The highest BCUT2D eigenvalue weighted by molar-refractivity contribution is 7.10. The standard InChI is InChI=1S/C23H26N4O3S/c28-20(26-12-10-25(11-13-26)15-17-5-2-1-3-6-17)16-27-21(29)23(24-22(27)30)9-4-7-19-18(23)8-14-31-19/h1-3,5-6,8,14H,4,7,9-13,15-16H2,(H,24,30)/t23-/m0/s1. The monoisotopic (exact) mass is 438 g/mol. The van der Waals surface area contributed by atoms with Crippen LogP contribution in [0.5, 0.6) is 0 Å². The van der Waals surface area contributed by atoms with Crippen LogP contribution >= 0.6 is 11.3 Å². The minimum Gasteiger partial charge on any atom is -0.339 e. The number of carbonyl (C=O) groups excluding carboxylic acids is 3. The molecule has 0 bridgehead atoms. The molecule has 0 radical (unpaired) electrons. The zero-order chi connectivity index (χ0) is 21.4. The SMILES string of the molecule is O=C(CN1C(=O)N[C@]2(CCCc3sccc32)C1=O)N1CCN(Cc2ccccc2)CC1. The molecular formula is C23H26N4O3S. The highest BCUT2D eigenvalue weighted by Gasteiger charge is 2.54. The third-order valence-corrected chi connectivity index (χ3v) is 7.58. The van der Waals surface area contributed by atoms with E-state index < -0.39 is 11.6 Å². The molecule has 5 rings (SSSR count). The zero-order valence-electron chi connectivity index (χ0n) is 17.4. The van der Waals surface area contributed by atoms with Crippen LogP contribution in [0.4, 0.5) is 4.79 Å². The van der Waals surface area contributed by atoms with Crippen molar-refractivity contribution in [3.63, 3.8) is 0 Å². The number of thiophene rings is 1. The van der Waals surface area contributed by atoms with Crippen molar-refractivity contribution in [1.82, 2.24) is 20.0 Å². The fraction of sp³-hybridized carbons (Fsp3) is 0.435. The van der Waals surface area contributed by atoms with Crippen molar-refractivity contribution in [3.05, 3.63) is 57.8 Å². The minimum absolute atomic E-state index is 0.165. The summed E-state index contributed by atoms with van der Waals surface area (Å²) in [5.74, 6) is -0.450. The summed E-state index contributed by atoms with van der Waals surface area (Å²) in [6.07, 6.45) is 2.37. The molecule has 0 saturated carbocycles. The van der Waals surface area contributed by atoms with Gasteiger partial charge in [-0.3, -0.25) is 19.4 Å². The van der Waals surface area contributed by atoms with E-state index in [9.17, 15) is 14.4 Å². The molecule has 162 valence electrons. The number of nitrogens with zero attached hydrogens (tertiary/aromatic N) is 3. The molecule has 1 N–H and O–H groups in total. The molecule has 2 aliphatic heterocycles. The van der Waals surface area contributed by atoms with Gasteiger partial charge in [-0.2, -0.15) is 0 Å². The summed E-state index contributed by atoms with van der Waals surface area (Å²) in [7, 11) is 0. The van der Waals surface area contributed by atoms with E-state index in [1.165, 1.54) is 5.56 Å². The second-order valence-electron chi connectivity index (χ2n) is 8.48. The molecule has 1 aromatic carbocycles. The largest absolute Gasteiger partial charge is 0.339 e. The molecule has 31 heavy (non-hydrogen) atoms. The van der Waals surface area contributed by atoms with E-state index in [4.69, 9.17) is 0 Å². The van der Waals surface area contributed by atoms with Crippen LogP contribution in [0.3, 0.4) is 0 Å². The molecule has 2 saturated heterocycles. The molecule has 4 amide bonds. The second-order valence-corrected chi connectivity index (χ2v) is 9.48. The third kappa shape index (κ3) is 3.64. The van der Waals surface area contributed by atoms with Crippen LogP contribution in [0, 0.1) is 0 Å². The summed E-state index contributed by atoms with van der Waals surface area (Å²) >= 11 is 1.63. The number of urea groups is 1. The summed E-state index contributed by atoms with van der Waals surface area (Å²) in [6.45, 7) is 3.45. The topological polar surface area (TPSA) is 73.0 Å². The van der Waals surface area contributed by atoms with E-state index in [1.54, 1.807) is 16.2 Å². The molecule has 2 aromatic rings. The Morgan fingerprint density at radius 1 is 1.06 bits per heavy atom. The van der Waals surface area contributed by atoms with Crippen molar-refractivity contribution in [2.24, 2.45) is 0 Å². The first-order valence-electron chi connectivity index (χ1n) is 10.8. The van der Waals surface area contributed by atoms with Gasteiger partial charge >= 0.3 is 6.03 Å². The number of rotatable bonds is 4. The van der Waals surface area contributed by atoms with Crippen LogP contribution in [0.1, 0.15) is 28.8 Å². The van der Waals surface area contributed by atoms with E-state index in [0.29, 0.717) is 19.5 Å². The quantitative estimate of drug-likeness (QED) is 0.743.